The number of imide groups is 1. The van der Waals surface area contributed by atoms with Crippen molar-refractivity contribution >= 4 is 35.3 Å². The molecule has 1 aliphatic carbocycles. The first-order valence-corrected chi connectivity index (χ1v) is 12.8. The highest BCUT2D eigenvalue weighted by Gasteiger charge is 2.26. The average molecular weight is 489 g/mol. The maximum atomic E-state index is 14.0. The summed E-state index contributed by atoms with van der Waals surface area (Å²) in [4.78, 5) is 24.0. The molecule has 0 aromatic heterocycles. The van der Waals surface area contributed by atoms with E-state index in [1.54, 1.807) is 12.1 Å². The fourth-order valence-corrected chi connectivity index (χ4v) is 5.47. The summed E-state index contributed by atoms with van der Waals surface area (Å²) in [5.74, 6) is -0.0629. The van der Waals surface area contributed by atoms with Crippen molar-refractivity contribution in [3.63, 3.8) is 0 Å². The summed E-state index contributed by atoms with van der Waals surface area (Å²) < 4.78 is 44.6. The highest BCUT2D eigenvalue weighted by Crippen LogP contribution is 2.33. The Hall–Kier alpha value is -1.81. The Morgan fingerprint density at radius 3 is 2.62 bits per heavy atom. The van der Waals surface area contributed by atoms with Gasteiger partial charge in [-0.1, -0.05) is 32.3 Å². The van der Waals surface area contributed by atoms with Gasteiger partial charge in [0.2, 0.25) is 5.91 Å². The fourth-order valence-electron chi connectivity index (χ4n) is 3.70. The second kappa shape index (κ2) is 11.9. The SMILES string of the molecule is C[C@H](CS(=O)(=O)CCCCCN1CC(=O)NC1=O)c1ccc(F)c(OCCC2CC2)c1.S. The normalized spacial score (nSPS) is 17.1. The highest BCUT2D eigenvalue weighted by atomic mass is 32.2. The standard InChI is InChI=1S/C22H31FN2O5S.H2S/c1-16(18-7-8-19(23)20(13-18)30-11-9-17-5-6-17)15-31(28,29)12-4-2-3-10-25-14-21(26)24-22(25)27;/h7-8,13,16-17H,2-6,9-12,14-15H2,1H3,(H,24,26,27);1H2/t16-;/m1./s1. The van der Waals surface area contributed by atoms with Crippen LogP contribution >= 0.6 is 13.5 Å². The van der Waals surface area contributed by atoms with Gasteiger partial charge in [-0.25, -0.2) is 17.6 Å². The van der Waals surface area contributed by atoms with Gasteiger partial charge in [-0.05, 0) is 48.8 Å². The number of urea groups is 1. The number of benzene rings is 1. The molecule has 180 valence electrons. The second-order valence-corrected chi connectivity index (χ2v) is 10.9. The minimum atomic E-state index is -3.27. The Kier molecular flexibility index (Phi) is 9.82. The molecule has 0 spiro atoms. The number of sulfone groups is 1. The second-order valence-electron chi connectivity index (χ2n) is 8.62. The van der Waals surface area contributed by atoms with E-state index in [4.69, 9.17) is 4.74 Å². The molecule has 1 saturated carbocycles. The van der Waals surface area contributed by atoms with Crippen LogP contribution in [0.1, 0.15) is 56.9 Å². The number of amides is 3. The minimum Gasteiger partial charge on any atom is -0.490 e. The van der Waals surface area contributed by atoms with E-state index < -0.39 is 15.7 Å². The van der Waals surface area contributed by atoms with Crippen LogP contribution in [0.3, 0.4) is 0 Å². The maximum absolute atomic E-state index is 14.0. The van der Waals surface area contributed by atoms with Crippen molar-refractivity contribution < 1.29 is 27.1 Å². The predicted octanol–water partition coefficient (Wildman–Crippen LogP) is 3.36. The van der Waals surface area contributed by atoms with Crippen LogP contribution in [-0.2, 0) is 14.6 Å². The first kappa shape index (κ1) is 26.4. The van der Waals surface area contributed by atoms with Gasteiger partial charge in [0, 0.05) is 6.54 Å². The van der Waals surface area contributed by atoms with Crippen LogP contribution in [0.25, 0.3) is 0 Å². The van der Waals surface area contributed by atoms with Crippen LogP contribution in [-0.4, -0.2) is 56.5 Å². The van der Waals surface area contributed by atoms with Crippen molar-refractivity contribution in [2.45, 2.75) is 51.4 Å². The molecule has 32 heavy (non-hydrogen) atoms. The summed E-state index contributed by atoms with van der Waals surface area (Å²) in [7, 11) is -3.27. The Labute approximate surface area is 196 Å². The van der Waals surface area contributed by atoms with E-state index in [-0.39, 0.29) is 55.2 Å². The summed E-state index contributed by atoms with van der Waals surface area (Å²) in [5.41, 5.74) is 0.746. The van der Waals surface area contributed by atoms with E-state index in [0.717, 1.165) is 12.0 Å². The topological polar surface area (TPSA) is 92.8 Å². The lowest BCUT2D eigenvalue weighted by atomic mass is 10.0. The summed E-state index contributed by atoms with van der Waals surface area (Å²) in [6.45, 7) is 2.80. The van der Waals surface area contributed by atoms with Gasteiger partial charge in [0.05, 0.1) is 18.1 Å². The number of hydrogen-bond donors (Lipinski definition) is 1. The Balaban J connectivity index is 0.00000363. The van der Waals surface area contributed by atoms with Crippen LogP contribution in [0.4, 0.5) is 9.18 Å². The molecule has 1 N–H and O–H groups in total. The van der Waals surface area contributed by atoms with Crippen molar-refractivity contribution in [1.29, 1.82) is 0 Å². The Morgan fingerprint density at radius 2 is 1.97 bits per heavy atom. The lowest BCUT2D eigenvalue weighted by Crippen LogP contribution is -2.29. The van der Waals surface area contributed by atoms with Crippen LogP contribution < -0.4 is 10.1 Å². The van der Waals surface area contributed by atoms with E-state index in [0.29, 0.717) is 38.3 Å². The molecule has 3 amide bonds. The largest absolute Gasteiger partial charge is 0.490 e. The third-order valence-corrected chi connectivity index (χ3v) is 7.68. The van der Waals surface area contributed by atoms with Gasteiger partial charge in [0.25, 0.3) is 0 Å². The van der Waals surface area contributed by atoms with E-state index in [2.05, 4.69) is 5.32 Å². The van der Waals surface area contributed by atoms with Crippen molar-refractivity contribution in [2.75, 3.05) is 31.2 Å². The lowest BCUT2D eigenvalue weighted by molar-refractivity contribution is -0.118. The van der Waals surface area contributed by atoms with Gasteiger partial charge in [0.1, 0.15) is 6.54 Å². The molecule has 1 atom stereocenters. The number of nitrogens with zero attached hydrogens (tertiary/aromatic N) is 1. The van der Waals surface area contributed by atoms with E-state index in [9.17, 15) is 22.4 Å². The predicted molar refractivity (Wildman–Crippen MR) is 126 cm³/mol. The minimum absolute atomic E-state index is 0. The van der Waals surface area contributed by atoms with Gasteiger partial charge in [-0.3, -0.25) is 10.1 Å². The molecule has 0 radical (unpaired) electrons. The highest BCUT2D eigenvalue weighted by molar-refractivity contribution is 7.91. The molecule has 0 bridgehead atoms. The van der Waals surface area contributed by atoms with Crippen LogP contribution in [0.5, 0.6) is 5.75 Å². The number of nitrogens with one attached hydrogen (secondary N) is 1. The Bertz CT molecular complexity index is 906. The molecular formula is C22H33FN2O5S2. The average Bonchev–Trinajstić information content (AvgIpc) is 3.46. The molecule has 1 aromatic rings. The summed E-state index contributed by atoms with van der Waals surface area (Å²) >= 11 is 0. The fraction of sp³-hybridized carbons (Fsp3) is 0.636. The van der Waals surface area contributed by atoms with E-state index >= 15 is 0 Å². The molecule has 10 heteroatoms. The number of hydrogen-bond acceptors (Lipinski definition) is 5. The molecule has 1 aliphatic heterocycles. The van der Waals surface area contributed by atoms with Crippen LogP contribution in [0.15, 0.2) is 18.2 Å². The summed E-state index contributed by atoms with van der Waals surface area (Å²) in [5, 5.41) is 2.22. The van der Waals surface area contributed by atoms with Crippen molar-refractivity contribution in [3.05, 3.63) is 29.6 Å². The van der Waals surface area contributed by atoms with Crippen LogP contribution in [0, 0.1) is 11.7 Å². The quantitative estimate of drug-likeness (QED) is 0.340. The van der Waals surface area contributed by atoms with Gasteiger partial charge in [-0.15, -0.1) is 0 Å². The zero-order valence-electron chi connectivity index (χ0n) is 18.4. The molecular weight excluding hydrogens is 455 g/mol. The number of halogens is 1. The number of carbonyl (C=O) groups is 2. The third kappa shape index (κ3) is 8.27. The van der Waals surface area contributed by atoms with E-state index in [1.165, 1.54) is 23.8 Å². The number of carbonyl (C=O) groups excluding carboxylic acids is 2. The molecule has 1 heterocycles. The molecule has 2 aliphatic rings. The van der Waals surface area contributed by atoms with Crippen molar-refractivity contribution in [3.8, 4) is 5.75 Å². The zero-order chi connectivity index (χ0) is 22.4. The lowest BCUT2D eigenvalue weighted by Gasteiger charge is -2.15. The molecule has 0 unspecified atom stereocenters. The summed E-state index contributed by atoms with van der Waals surface area (Å²) in [6.07, 6.45) is 5.15. The van der Waals surface area contributed by atoms with Gasteiger partial charge >= 0.3 is 6.03 Å². The first-order chi connectivity index (χ1) is 14.7. The van der Waals surface area contributed by atoms with E-state index in [1.807, 2.05) is 6.92 Å². The first-order valence-electron chi connectivity index (χ1n) is 10.9. The molecule has 1 aromatic carbocycles. The molecule has 1 saturated heterocycles. The van der Waals surface area contributed by atoms with Gasteiger partial charge in [-0.2, -0.15) is 13.5 Å². The zero-order valence-corrected chi connectivity index (χ0v) is 20.3. The Morgan fingerprint density at radius 1 is 1.22 bits per heavy atom. The molecule has 3 rings (SSSR count). The summed E-state index contributed by atoms with van der Waals surface area (Å²) in [6, 6.07) is 4.18. The number of ether oxygens (including phenoxy) is 1. The van der Waals surface area contributed by atoms with Gasteiger partial charge < -0.3 is 9.64 Å². The number of unbranched alkanes of at least 4 members (excludes halogenated alkanes) is 2. The monoisotopic (exact) mass is 488 g/mol. The van der Waals surface area contributed by atoms with Crippen molar-refractivity contribution in [1.82, 2.24) is 10.2 Å². The molecule has 7 nitrogen and oxygen atoms in total. The van der Waals surface area contributed by atoms with Crippen molar-refractivity contribution in [2.24, 2.45) is 5.92 Å². The van der Waals surface area contributed by atoms with Crippen LogP contribution in [0.2, 0.25) is 0 Å². The maximum Gasteiger partial charge on any atom is 0.324 e. The molecule has 2 fully saturated rings. The third-order valence-electron chi connectivity index (χ3n) is 5.76. The number of rotatable bonds is 13. The smallest absolute Gasteiger partial charge is 0.324 e. The van der Waals surface area contributed by atoms with Gasteiger partial charge in [0.15, 0.2) is 21.4 Å².